The molecule has 0 amide bonds. The molecule has 2 aliphatic rings. The molecule has 0 aromatic heterocycles. The Balaban J connectivity index is 1.44. The van der Waals surface area contributed by atoms with Gasteiger partial charge < -0.3 is 14.6 Å². The number of carboxylic acids is 1. The summed E-state index contributed by atoms with van der Waals surface area (Å²) in [7, 11) is 0. The van der Waals surface area contributed by atoms with Crippen molar-refractivity contribution in [3.05, 3.63) is 83.2 Å². The van der Waals surface area contributed by atoms with Gasteiger partial charge in [-0.15, -0.1) is 13.2 Å². The molecular weight excluding hydrogens is 536 g/mol. The average Bonchev–Trinajstić information content (AvgIpc) is 3.68. The maximum Gasteiger partial charge on any atom is 0.573 e. The van der Waals surface area contributed by atoms with Crippen molar-refractivity contribution >= 4 is 5.97 Å². The molecule has 0 bridgehead atoms. The van der Waals surface area contributed by atoms with E-state index in [-0.39, 0.29) is 35.8 Å². The average molecular weight is 571 g/mol. The summed E-state index contributed by atoms with van der Waals surface area (Å²) in [5, 5.41) is 9.37. The number of aliphatic carboxylic acids is 1. The van der Waals surface area contributed by atoms with Gasteiger partial charge in [-0.1, -0.05) is 50.6 Å². The highest BCUT2D eigenvalue weighted by Crippen LogP contribution is 2.51. The summed E-state index contributed by atoms with van der Waals surface area (Å²) in [5.41, 5.74) is 3.22. The van der Waals surface area contributed by atoms with Gasteiger partial charge in [0, 0.05) is 5.56 Å². The van der Waals surface area contributed by atoms with Crippen LogP contribution in [0.3, 0.4) is 0 Å². The monoisotopic (exact) mass is 570 g/mol. The molecule has 41 heavy (non-hydrogen) atoms. The van der Waals surface area contributed by atoms with Crippen LogP contribution in [0.4, 0.5) is 17.6 Å². The Kier molecular flexibility index (Phi) is 8.04. The van der Waals surface area contributed by atoms with Gasteiger partial charge in [0.05, 0.1) is 6.42 Å². The molecule has 4 nitrogen and oxygen atoms in total. The lowest BCUT2D eigenvalue weighted by Crippen LogP contribution is -2.18. The summed E-state index contributed by atoms with van der Waals surface area (Å²) in [6.07, 6.45) is 0.144. The lowest BCUT2D eigenvalue weighted by molar-refractivity contribution is -0.274. The van der Waals surface area contributed by atoms with Crippen LogP contribution in [-0.2, 0) is 11.4 Å². The lowest BCUT2D eigenvalue weighted by Gasteiger charge is -2.30. The van der Waals surface area contributed by atoms with Crippen LogP contribution in [-0.4, -0.2) is 17.4 Å². The summed E-state index contributed by atoms with van der Waals surface area (Å²) < 4.78 is 64.0. The summed E-state index contributed by atoms with van der Waals surface area (Å²) in [5.74, 6) is -0.849. The van der Waals surface area contributed by atoms with Crippen molar-refractivity contribution in [2.75, 3.05) is 0 Å². The number of carboxylic acid groups (broad SMARTS) is 1. The minimum Gasteiger partial charge on any atom is -0.489 e. The predicted octanol–water partition coefficient (Wildman–Crippen LogP) is 9.23. The van der Waals surface area contributed by atoms with E-state index in [0.29, 0.717) is 17.2 Å². The second-order valence-electron chi connectivity index (χ2n) is 11.9. The van der Waals surface area contributed by atoms with Crippen LogP contribution in [0.25, 0.3) is 11.1 Å². The van der Waals surface area contributed by atoms with Gasteiger partial charge in [0.1, 0.15) is 23.9 Å². The van der Waals surface area contributed by atoms with E-state index < -0.39 is 23.9 Å². The fraction of sp³-hybridized carbons (Fsp3) is 0.424. The standard InChI is InChI=1S/C33H34F4O4/c1-32(2)14-4-7-29(32)27-15-20(8-12-25(27)28-17-24(11-13-30(28)34)41-33(35,36)37)19-40-23-6-3-5-22(16-23)26(18-31(38)39)21-9-10-21/h3,5-6,8,11-13,15-17,21,26,29H,4,7,9-10,14,18-19H2,1-2H3,(H,38,39)/t26-,29-/m1/s1. The Hall–Kier alpha value is -3.55. The Labute approximate surface area is 237 Å². The Morgan fingerprint density at radius 3 is 2.44 bits per heavy atom. The summed E-state index contributed by atoms with van der Waals surface area (Å²) >= 11 is 0. The summed E-state index contributed by atoms with van der Waals surface area (Å²) in [4.78, 5) is 11.4. The Morgan fingerprint density at radius 2 is 1.78 bits per heavy atom. The first-order valence-corrected chi connectivity index (χ1v) is 14.0. The molecule has 3 aromatic carbocycles. The number of halogens is 4. The maximum absolute atomic E-state index is 15.1. The number of alkyl halides is 3. The van der Waals surface area contributed by atoms with Gasteiger partial charge >= 0.3 is 12.3 Å². The highest BCUT2D eigenvalue weighted by Gasteiger charge is 2.38. The van der Waals surface area contributed by atoms with Crippen LogP contribution in [0.15, 0.2) is 60.7 Å². The smallest absolute Gasteiger partial charge is 0.489 e. The highest BCUT2D eigenvalue weighted by molar-refractivity contribution is 5.71. The van der Waals surface area contributed by atoms with Crippen LogP contribution in [0.5, 0.6) is 11.5 Å². The number of hydrogen-bond donors (Lipinski definition) is 1. The second kappa shape index (κ2) is 11.4. The fourth-order valence-corrected chi connectivity index (χ4v) is 6.29. The molecule has 0 heterocycles. The van der Waals surface area contributed by atoms with Gasteiger partial charge in [-0.2, -0.15) is 0 Å². The van der Waals surface area contributed by atoms with E-state index in [0.717, 1.165) is 67.0 Å². The normalized spacial score (nSPS) is 19.1. The first-order valence-electron chi connectivity index (χ1n) is 14.0. The molecular formula is C33H34F4O4. The third kappa shape index (κ3) is 7.03. The molecule has 2 aliphatic carbocycles. The summed E-state index contributed by atoms with van der Waals surface area (Å²) in [6, 6.07) is 16.2. The molecule has 0 radical (unpaired) electrons. The molecule has 0 unspecified atom stereocenters. The van der Waals surface area contributed by atoms with Crippen molar-refractivity contribution in [2.45, 2.75) is 77.2 Å². The summed E-state index contributed by atoms with van der Waals surface area (Å²) in [6.45, 7) is 4.56. The SMILES string of the molecule is CC1(C)CCC[C@@H]1c1cc(COc2cccc([C@H](CC(=O)O)C3CC3)c2)ccc1-c1cc(OC(F)(F)F)ccc1F. The number of ether oxygens (including phenoxy) is 2. The van der Waals surface area contributed by atoms with Gasteiger partial charge in [0.15, 0.2) is 0 Å². The van der Waals surface area contributed by atoms with Gasteiger partial charge in [-0.3, -0.25) is 4.79 Å². The van der Waals surface area contributed by atoms with E-state index >= 15 is 4.39 Å². The van der Waals surface area contributed by atoms with Gasteiger partial charge in [0.2, 0.25) is 0 Å². The predicted molar refractivity (Wildman–Crippen MR) is 147 cm³/mol. The van der Waals surface area contributed by atoms with Crippen molar-refractivity contribution in [2.24, 2.45) is 11.3 Å². The Bertz CT molecular complexity index is 1410. The first-order chi connectivity index (χ1) is 19.4. The number of carbonyl (C=O) groups is 1. The van der Waals surface area contributed by atoms with E-state index in [4.69, 9.17) is 4.74 Å². The molecule has 5 rings (SSSR count). The maximum atomic E-state index is 15.1. The highest BCUT2D eigenvalue weighted by atomic mass is 19.4. The van der Waals surface area contributed by atoms with Crippen LogP contribution >= 0.6 is 0 Å². The van der Waals surface area contributed by atoms with Crippen LogP contribution < -0.4 is 9.47 Å². The third-order valence-corrected chi connectivity index (χ3v) is 8.49. The second-order valence-corrected chi connectivity index (χ2v) is 11.9. The van der Waals surface area contributed by atoms with Crippen molar-refractivity contribution in [1.82, 2.24) is 0 Å². The fourth-order valence-electron chi connectivity index (χ4n) is 6.29. The van der Waals surface area contributed by atoms with Gasteiger partial charge in [-0.25, -0.2) is 4.39 Å². The van der Waals surface area contributed by atoms with Crippen molar-refractivity contribution in [3.63, 3.8) is 0 Å². The molecule has 3 aromatic rings. The topological polar surface area (TPSA) is 55.8 Å². The number of benzene rings is 3. The molecule has 8 heteroatoms. The largest absolute Gasteiger partial charge is 0.573 e. The zero-order chi connectivity index (χ0) is 29.4. The van der Waals surface area contributed by atoms with Crippen LogP contribution in [0, 0.1) is 17.2 Å². The van der Waals surface area contributed by atoms with Crippen LogP contribution in [0.1, 0.15) is 80.9 Å². The van der Waals surface area contributed by atoms with E-state index in [1.54, 1.807) is 12.1 Å². The van der Waals surface area contributed by atoms with Gasteiger partial charge in [0.25, 0.3) is 0 Å². The van der Waals surface area contributed by atoms with Gasteiger partial charge in [-0.05, 0) is 101 Å². The number of rotatable bonds is 10. The third-order valence-electron chi connectivity index (χ3n) is 8.49. The minimum absolute atomic E-state index is 0.0430. The lowest BCUT2D eigenvalue weighted by atomic mass is 9.75. The van der Waals surface area contributed by atoms with E-state index in [2.05, 4.69) is 18.6 Å². The molecule has 218 valence electrons. The zero-order valence-corrected chi connectivity index (χ0v) is 23.1. The van der Waals surface area contributed by atoms with Crippen molar-refractivity contribution < 1.29 is 36.9 Å². The molecule has 2 atom stereocenters. The van der Waals surface area contributed by atoms with Crippen LogP contribution in [0.2, 0.25) is 0 Å². The molecule has 1 N–H and O–H groups in total. The first kappa shape index (κ1) is 29.0. The minimum atomic E-state index is -4.88. The molecule has 2 saturated carbocycles. The number of hydrogen-bond acceptors (Lipinski definition) is 3. The van der Waals surface area contributed by atoms with Crippen molar-refractivity contribution in [3.8, 4) is 22.6 Å². The molecule has 0 aliphatic heterocycles. The quantitative estimate of drug-likeness (QED) is 0.247. The molecule has 2 fully saturated rings. The molecule has 0 saturated heterocycles. The van der Waals surface area contributed by atoms with E-state index in [1.807, 2.05) is 30.3 Å². The Morgan fingerprint density at radius 1 is 1.00 bits per heavy atom. The van der Waals surface area contributed by atoms with Crippen molar-refractivity contribution in [1.29, 1.82) is 0 Å². The molecule has 0 spiro atoms. The van der Waals surface area contributed by atoms with E-state index in [1.165, 1.54) is 0 Å². The van der Waals surface area contributed by atoms with E-state index in [9.17, 15) is 23.1 Å². The zero-order valence-electron chi connectivity index (χ0n) is 23.1.